The second kappa shape index (κ2) is 3.82. The quantitative estimate of drug-likeness (QED) is 0.662. The van der Waals surface area contributed by atoms with Gasteiger partial charge in [-0.15, -0.1) is 0 Å². The molecule has 4 heteroatoms. The van der Waals surface area contributed by atoms with E-state index in [1.54, 1.807) is 13.8 Å². The van der Waals surface area contributed by atoms with Gasteiger partial charge in [-0.3, -0.25) is 9.59 Å². The summed E-state index contributed by atoms with van der Waals surface area (Å²) in [6, 6.07) is 0. The van der Waals surface area contributed by atoms with Gasteiger partial charge in [0.05, 0.1) is 14.2 Å². The number of ether oxygens (including phenoxy) is 2. The van der Waals surface area contributed by atoms with Crippen molar-refractivity contribution in [1.82, 2.24) is 0 Å². The van der Waals surface area contributed by atoms with Crippen LogP contribution in [0.5, 0.6) is 0 Å². The molecule has 0 radical (unpaired) electrons. The first kappa shape index (κ1) is 10.8. The largest absolute Gasteiger partial charge is 0.490 e. The summed E-state index contributed by atoms with van der Waals surface area (Å²) in [6.07, 6.45) is 0. The van der Waals surface area contributed by atoms with Gasteiger partial charge in [0, 0.05) is 11.8 Å². The van der Waals surface area contributed by atoms with Gasteiger partial charge in [0.2, 0.25) is 23.1 Å². The Kier molecular flexibility index (Phi) is 2.93. The smallest absolute Gasteiger partial charge is 0.208 e. The van der Waals surface area contributed by atoms with E-state index < -0.39 is 0 Å². The van der Waals surface area contributed by atoms with Crippen molar-refractivity contribution in [3.8, 4) is 0 Å². The van der Waals surface area contributed by atoms with Crippen molar-refractivity contribution >= 4 is 11.6 Å². The SMILES string of the molecule is COC1=C(OC)C(=O)[C@@H](C)[C@H](C)C1=O. The van der Waals surface area contributed by atoms with Gasteiger partial charge in [-0.25, -0.2) is 0 Å². The molecule has 14 heavy (non-hydrogen) atoms. The number of carbonyl (C=O) groups is 2. The van der Waals surface area contributed by atoms with Crippen LogP contribution < -0.4 is 0 Å². The van der Waals surface area contributed by atoms with Crippen LogP contribution in [0.3, 0.4) is 0 Å². The van der Waals surface area contributed by atoms with Gasteiger partial charge in [0.1, 0.15) is 0 Å². The Morgan fingerprint density at radius 1 is 0.857 bits per heavy atom. The van der Waals surface area contributed by atoms with Gasteiger partial charge in [-0.05, 0) is 0 Å². The molecule has 1 rings (SSSR count). The fourth-order valence-corrected chi connectivity index (χ4v) is 1.48. The van der Waals surface area contributed by atoms with Crippen LogP contribution in [0.15, 0.2) is 11.5 Å². The summed E-state index contributed by atoms with van der Waals surface area (Å²) < 4.78 is 9.76. The first-order chi connectivity index (χ1) is 6.54. The highest BCUT2D eigenvalue weighted by Crippen LogP contribution is 2.28. The zero-order valence-corrected chi connectivity index (χ0v) is 8.79. The van der Waals surface area contributed by atoms with E-state index in [-0.39, 0.29) is 34.9 Å². The van der Waals surface area contributed by atoms with Crippen LogP contribution in [0.25, 0.3) is 0 Å². The summed E-state index contributed by atoms with van der Waals surface area (Å²) in [6.45, 7) is 3.44. The highest BCUT2D eigenvalue weighted by Gasteiger charge is 2.40. The lowest BCUT2D eigenvalue weighted by Gasteiger charge is -2.25. The molecule has 0 fully saturated rings. The molecule has 0 saturated carbocycles. The molecule has 4 nitrogen and oxygen atoms in total. The van der Waals surface area contributed by atoms with Gasteiger partial charge < -0.3 is 9.47 Å². The minimum atomic E-state index is -0.337. The minimum Gasteiger partial charge on any atom is -0.490 e. The van der Waals surface area contributed by atoms with Crippen molar-refractivity contribution in [1.29, 1.82) is 0 Å². The molecule has 2 atom stereocenters. The Morgan fingerprint density at radius 3 is 1.36 bits per heavy atom. The summed E-state index contributed by atoms with van der Waals surface area (Å²) in [4.78, 5) is 23.3. The Hall–Kier alpha value is -1.32. The molecule has 0 amide bonds. The van der Waals surface area contributed by atoms with E-state index in [0.717, 1.165) is 0 Å². The third-order valence-corrected chi connectivity index (χ3v) is 2.64. The lowest BCUT2D eigenvalue weighted by atomic mass is 9.82. The third kappa shape index (κ3) is 1.41. The first-order valence-corrected chi connectivity index (χ1v) is 4.45. The van der Waals surface area contributed by atoms with Crippen LogP contribution in [0.2, 0.25) is 0 Å². The molecule has 0 aliphatic heterocycles. The molecule has 0 heterocycles. The fraction of sp³-hybridized carbons (Fsp3) is 0.600. The molecule has 1 aliphatic rings. The fourth-order valence-electron chi connectivity index (χ4n) is 1.48. The number of allylic oxidation sites excluding steroid dienone is 2. The topological polar surface area (TPSA) is 52.6 Å². The number of rotatable bonds is 2. The Labute approximate surface area is 82.9 Å². The summed E-state index contributed by atoms with van der Waals surface area (Å²) in [5.41, 5.74) is 0. The van der Waals surface area contributed by atoms with Gasteiger partial charge in [-0.1, -0.05) is 13.8 Å². The zero-order chi connectivity index (χ0) is 10.9. The van der Waals surface area contributed by atoms with E-state index in [1.165, 1.54) is 14.2 Å². The third-order valence-electron chi connectivity index (χ3n) is 2.64. The average molecular weight is 198 g/mol. The maximum absolute atomic E-state index is 11.7. The molecular formula is C10H14O4. The van der Waals surface area contributed by atoms with E-state index >= 15 is 0 Å². The van der Waals surface area contributed by atoms with E-state index in [4.69, 9.17) is 9.47 Å². The summed E-state index contributed by atoms with van der Waals surface area (Å²) in [7, 11) is 2.73. The van der Waals surface area contributed by atoms with Crippen LogP contribution in [0.1, 0.15) is 13.8 Å². The number of ketones is 2. The van der Waals surface area contributed by atoms with Crippen LogP contribution in [0, 0.1) is 11.8 Å². The zero-order valence-electron chi connectivity index (χ0n) is 8.79. The lowest BCUT2D eigenvalue weighted by Crippen LogP contribution is -2.35. The van der Waals surface area contributed by atoms with E-state index in [0.29, 0.717) is 0 Å². The second-order valence-corrected chi connectivity index (χ2v) is 3.37. The van der Waals surface area contributed by atoms with E-state index in [2.05, 4.69) is 0 Å². The monoisotopic (exact) mass is 198 g/mol. The molecule has 1 aliphatic carbocycles. The highest BCUT2D eigenvalue weighted by molar-refractivity contribution is 6.11. The molecular weight excluding hydrogens is 184 g/mol. The number of Topliss-reactive ketones (excluding diaryl/α,β-unsaturated/α-hetero) is 2. The van der Waals surface area contributed by atoms with Gasteiger partial charge in [0.25, 0.3) is 0 Å². The maximum Gasteiger partial charge on any atom is 0.208 e. The Balaban J connectivity index is 3.22. The van der Waals surface area contributed by atoms with E-state index in [9.17, 15) is 9.59 Å². The van der Waals surface area contributed by atoms with Crippen molar-refractivity contribution in [2.75, 3.05) is 14.2 Å². The van der Waals surface area contributed by atoms with Crippen molar-refractivity contribution in [2.24, 2.45) is 11.8 Å². The molecule has 0 bridgehead atoms. The number of hydrogen-bond acceptors (Lipinski definition) is 4. The highest BCUT2D eigenvalue weighted by atomic mass is 16.5. The van der Waals surface area contributed by atoms with Gasteiger partial charge in [0.15, 0.2) is 0 Å². The first-order valence-electron chi connectivity index (χ1n) is 4.45. The Morgan fingerprint density at radius 2 is 1.14 bits per heavy atom. The number of methoxy groups -OCH3 is 2. The van der Waals surface area contributed by atoms with Crippen LogP contribution >= 0.6 is 0 Å². The van der Waals surface area contributed by atoms with Crippen LogP contribution in [0.4, 0.5) is 0 Å². The van der Waals surface area contributed by atoms with E-state index in [1.807, 2.05) is 0 Å². The predicted octanol–water partition coefficient (Wildman–Crippen LogP) is 0.915. The molecule has 0 aromatic rings. The maximum atomic E-state index is 11.7. The molecule has 0 aromatic heterocycles. The van der Waals surface area contributed by atoms with Crippen molar-refractivity contribution in [2.45, 2.75) is 13.8 Å². The van der Waals surface area contributed by atoms with Crippen molar-refractivity contribution < 1.29 is 19.1 Å². The summed E-state index contributed by atoms with van der Waals surface area (Å²) >= 11 is 0. The molecule has 0 unspecified atom stereocenters. The molecule has 0 saturated heterocycles. The molecule has 0 spiro atoms. The van der Waals surface area contributed by atoms with Gasteiger partial charge in [-0.2, -0.15) is 0 Å². The summed E-state index contributed by atoms with van der Waals surface area (Å²) in [5, 5.41) is 0. The average Bonchev–Trinajstić information content (AvgIpc) is 2.20. The normalized spacial score (nSPS) is 28.0. The second-order valence-electron chi connectivity index (χ2n) is 3.37. The van der Waals surface area contributed by atoms with Crippen LogP contribution in [-0.4, -0.2) is 25.8 Å². The summed E-state index contributed by atoms with van der Waals surface area (Å²) in [5.74, 6) is -0.924. The van der Waals surface area contributed by atoms with Crippen molar-refractivity contribution in [3.63, 3.8) is 0 Å². The predicted molar refractivity (Wildman–Crippen MR) is 49.4 cm³/mol. The minimum absolute atomic E-state index is 0.0445. The number of carbonyl (C=O) groups excluding carboxylic acids is 2. The molecule has 78 valence electrons. The van der Waals surface area contributed by atoms with Crippen molar-refractivity contribution in [3.05, 3.63) is 11.5 Å². The van der Waals surface area contributed by atoms with Crippen LogP contribution in [-0.2, 0) is 19.1 Å². The standard InChI is InChI=1S/C10H14O4/c1-5-6(2)8(12)10(14-4)9(13-3)7(5)11/h5-6H,1-4H3/t5-,6-/m0/s1. The molecule has 0 N–H and O–H groups in total. The Bertz CT molecular complexity index is 273. The lowest BCUT2D eigenvalue weighted by molar-refractivity contribution is -0.134. The van der Waals surface area contributed by atoms with Gasteiger partial charge >= 0.3 is 0 Å². The molecule has 0 aromatic carbocycles. The number of hydrogen-bond donors (Lipinski definition) is 0.